The van der Waals surface area contributed by atoms with Gasteiger partial charge in [-0.15, -0.1) is 0 Å². The van der Waals surface area contributed by atoms with E-state index in [0.29, 0.717) is 23.8 Å². The third-order valence-electron chi connectivity index (χ3n) is 6.52. The molecule has 0 amide bonds. The fourth-order valence-electron chi connectivity index (χ4n) is 4.89. The minimum atomic E-state index is 0.400. The van der Waals surface area contributed by atoms with E-state index in [2.05, 4.69) is 90.2 Å². The molecule has 0 radical (unpaired) electrons. The summed E-state index contributed by atoms with van der Waals surface area (Å²) in [7, 11) is 0. The van der Waals surface area contributed by atoms with Crippen molar-refractivity contribution in [3.8, 4) is 0 Å². The Morgan fingerprint density at radius 1 is 0.897 bits per heavy atom. The van der Waals surface area contributed by atoms with Gasteiger partial charge in [0.25, 0.3) is 0 Å². The minimum Gasteiger partial charge on any atom is -0.298 e. The summed E-state index contributed by atoms with van der Waals surface area (Å²) in [6.45, 7) is 7.75. The van der Waals surface area contributed by atoms with Gasteiger partial charge in [-0.2, -0.15) is 5.10 Å². The van der Waals surface area contributed by atoms with Crippen LogP contribution in [-0.4, -0.2) is 27.8 Å². The standard InChI is InChI=1S/C26H31N3/c1-19(2)29-26(15-25(27-29)22-13-14-22)24-18-28(16-20-9-5-3-6-10-20)17-23(24)21-11-7-4-8-12-21/h3-12,15,19,22-24H,13-14,16-18H2,1-2H3. The van der Waals surface area contributed by atoms with E-state index in [0.717, 1.165) is 19.6 Å². The highest BCUT2D eigenvalue weighted by Gasteiger charge is 2.38. The molecule has 1 saturated carbocycles. The molecule has 2 atom stereocenters. The first kappa shape index (κ1) is 18.6. The lowest BCUT2D eigenvalue weighted by molar-refractivity contribution is 0.322. The Hall–Kier alpha value is -2.39. The molecular formula is C26H31N3. The number of aromatic nitrogens is 2. The molecule has 3 nitrogen and oxygen atoms in total. The molecular weight excluding hydrogens is 354 g/mol. The van der Waals surface area contributed by atoms with Crippen molar-refractivity contribution in [1.82, 2.24) is 14.7 Å². The first-order chi connectivity index (χ1) is 14.2. The van der Waals surface area contributed by atoms with Crippen LogP contribution in [0.3, 0.4) is 0 Å². The number of hydrogen-bond acceptors (Lipinski definition) is 2. The topological polar surface area (TPSA) is 21.1 Å². The minimum absolute atomic E-state index is 0.400. The number of rotatable bonds is 6. The third-order valence-corrected chi connectivity index (χ3v) is 6.52. The summed E-state index contributed by atoms with van der Waals surface area (Å²) in [5.41, 5.74) is 5.61. The molecule has 2 aromatic carbocycles. The molecule has 1 aliphatic carbocycles. The van der Waals surface area contributed by atoms with Crippen molar-refractivity contribution in [3.05, 3.63) is 89.2 Å². The van der Waals surface area contributed by atoms with E-state index in [4.69, 9.17) is 5.10 Å². The lowest BCUT2D eigenvalue weighted by atomic mass is 9.86. The van der Waals surface area contributed by atoms with Crippen LogP contribution in [0.2, 0.25) is 0 Å². The average Bonchev–Trinajstić information content (AvgIpc) is 3.36. The van der Waals surface area contributed by atoms with E-state index < -0.39 is 0 Å². The molecule has 1 aromatic heterocycles. The van der Waals surface area contributed by atoms with E-state index in [9.17, 15) is 0 Å². The molecule has 1 saturated heterocycles. The quantitative estimate of drug-likeness (QED) is 0.541. The van der Waals surface area contributed by atoms with Gasteiger partial charge in [-0.05, 0) is 43.9 Å². The lowest BCUT2D eigenvalue weighted by Crippen LogP contribution is -2.20. The fraction of sp³-hybridized carbons (Fsp3) is 0.423. The van der Waals surface area contributed by atoms with Crippen LogP contribution in [0.25, 0.3) is 0 Å². The Kier molecular flexibility index (Phi) is 5.01. The Labute approximate surface area is 174 Å². The van der Waals surface area contributed by atoms with Gasteiger partial charge >= 0.3 is 0 Å². The van der Waals surface area contributed by atoms with E-state index in [1.807, 2.05) is 0 Å². The van der Waals surface area contributed by atoms with Crippen molar-refractivity contribution in [2.24, 2.45) is 0 Å². The number of nitrogens with zero attached hydrogens (tertiary/aromatic N) is 3. The largest absolute Gasteiger partial charge is 0.298 e. The number of likely N-dealkylation sites (tertiary alicyclic amines) is 1. The smallest absolute Gasteiger partial charge is 0.0658 e. The van der Waals surface area contributed by atoms with Gasteiger partial charge in [0, 0.05) is 49.1 Å². The SMILES string of the molecule is CC(C)n1nc(C2CC2)cc1C1CN(Cc2ccccc2)CC1c1ccccc1. The van der Waals surface area contributed by atoms with E-state index >= 15 is 0 Å². The van der Waals surface area contributed by atoms with Crippen LogP contribution < -0.4 is 0 Å². The van der Waals surface area contributed by atoms with Crippen LogP contribution in [0.1, 0.15) is 73.0 Å². The van der Waals surface area contributed by atoms with Crippen molar-refractivity contribution < 1.29 is 0 Å². The molecule has 2 heterocycles. The number of hydrogen-bond donors (Lipinski definition) is 0. The monoisotopic (exact) mass is 385 g/mol. The van der Waals surface area contributed by atoms with Gasteiger partial charge in [-0.25, -0.2) is 0 Å². The molecule has 2 fully saturated rings. The zero-order valence-electron chi connectivity index (χ0n) is 17.5. The molecule has 3 aromatic rings. The highest BCUT2D eigenvalue weighted by atomic mass is 15.3. The fourth-order valence-corrected chi connectivity index (χ4v) is 4.89. The van der Waals surface area contributed by atoms with Crippen molar-refractivity contribution >= 4 is 0 Å². The van der Waals surface area contributed by atoms with Crippen LogP contribution in [-0.2, 0) is 6.54 Å². The summed E-state index contributed by atoms with van der Waals surface area (Å²) >= 11 is 0. The maximum atomic E-state index is 5.05. The predicted octanol–water partition coefficient (Wildman–Crippen LogP) is 5.72. The van der Waals surface area contributed by atoms with Gasteiger partial charge in [0.2, 0.25) is 0 Å². The molecule has 29 heavy (non-hydrogen) atoms. The second-order valence-corrected chi connectivity index (χ2v) is 9.11. The molecule has 3 heteroatoms. The molecule has 150 valence electrons. The van der Waals surface area contributed by atoms with Gasteiger partial charge < -0.3 is 0 Å². The highest BCUT2D eigenvalue weighted by molar-refractivity contribution is 5.31. The van der Waals surface area contributed by atoms with E-state index in [1.54, 1.807) is 0 Å². The van der Waals surface area contributed by atoms with Gasteiger partial charge in [0.15, 0.2) is 0 Å². The first-order valence-corrected chi connectivity index (χ1v) is 11.1. The van der Waals surface area contributed by atoms with Crippen LogP contribution in [0, 0.1) is 0 Å². The van der Waals surface area contributed by atoms with Gasteiger partial charge in [-0.3, -0.25) is 9.58 Å². The van der Waals surface area contributed by atoms with Crippen LogP contribution >= 0.6 is 0 Å². The second kappa shape index (κ2) is 7.79. The van der Waals surface area contributed by atoms with E-state index in [-0.39, 0.29) is 0 Å². The summed E-state index contributed by atoms with van der Waals surface area (Å²) in [6, 6.07) is 24.8. The Morgan fingerprint density at radius 2 is 1.55 bits per heavy atom. The van der Waals surface area contributed by atoms with Crippen LogP contribution in [0.5, 0.6) is 0 Å². The second-order valence-electron chi connectivity index (χ2n) is 9.11. The molecule has 0 spiro atoms. The Morgan fingerprint density at radius 3 is 2.21 bits per heavy atom. The normalized spacial score (nSPS) is 22.4. The van der Waals surface area contributed by atoms with Crippen LogP contribution in [0.15, 0.2) is 66.7 Å². The van der Waals surface area contributed by atoms with Gasteiger partial charge in [0.1, 0.15) is 0 Å². The molecule has 2 aliphatic rings. The van der Waals surface area contributed by atoms with Crippen LogP contribution in [0.4, 0.5) is 0 Å². The Balaban J connectivity index is 1.49. The maximum absolute atomic E-state index is 5.05. The first-order valence-electron chi connectivity index (χ1n) is 11.1. The summed E-state index contributed by atoms with van der Waals surface area (Å²) in [5, 5.41) is 5.05. The zero-order chi connectivity index (χ0) is 19.8. The molecule has 0 N–H and O–H groups in total. The predicted molar refractivity (Wildman–Crippen MR) is 118 cm³/mol. The summed E-state index contributed by atoms with van der Waals surface area (Å²) in [6.07, 6.45) is 2.61. The van der Waals surface area contributed by atoms with Crippen molar-refractivity contribution in [2.45, 2.75) is 57.0 Å². The molecule has 1 aliphatic heterocycles. The van der Waals surface area contributed by atoms with Crippen molar-refractivity contribution in [3.63, 3.8) is 0 Å². The third kappa shape index (κ3) is 3.89. The maximum Gasteiger partial charge on any atom is 0.0658 e. The summed E-state index contributed by atoms with van der Waals surface area (Å²) in [5.74, 6) is 1.70. The molecule has 2 unspecified atom stereocenters. The molecule has 5 rings (SSSR count). The van der Waals surface area contributed by atoms with Gasteiger partial charge in [0.05, 0.1) is 5.69 Å². The van der Waals surface area contributed by atoms with E-state index in [1.165, 1.54) is 35.4 Å². The van der Waals surface area contributed by atoms with Gasteiger partial charge in [-0.1, -0.05) is 60.7 Å². The van der Waals surface area contributed by atoms with Crippen molar-refractivity contribution in [1.29, 1.82) is 0 Å². The van der Waals surface area contributed by atoms with Crippen molar-refractivity contribution in [2.75, 3.05) is 13.1 Å². The lowest BCUT2D eigenvalue weighted by Gasteiger charge is -2.21. The Bertz CT molecular complexity index is 941. The number of benzene rings is 2. The molecule has 0 bridgehead atoms. The average molecular weight is 386 g/mol. The highest BCUT2D eigenvalue weighted by Crippen LogP contribution is 2.44. The summed E-state index contributed by atoms with van der Waals surface area (Å²) < 4.78 is 2.32. The summed E-state index contributed by atoms with van der Waals surface area (Å²) in [4.78, 5) is 2.63. The zero-order valence-corrected chi connectivity index (χ0v) is 17.5.